The molecular formula is C14H10IN5O. The number of benzene rings is 1. The molecule has 1 amide bonds. The molecule has 0 unspecified atom stereocenters. The Balaban J connectivity index is 1.77. The lowest BCUT2D eigenvalue weighted by molar-refractivity contribution is 0.102. The molecule has 6 nitrogen and oxygen atoms in total. The predicted molar refractivity (Wildman–Crippen MR) is 86.3 cm³/mol. The molecule has 21 heavy (non-hydrogen) atoms. The highest BCUT2D eigenvalue weighted by molar-refractivity contribution is 14.1. The Morgan fingerprint density at radius 2 is 1.90 bits per heavy atom. The van der Waals surface area contributed by atoms with Gasteiger partial charge < -0.3 is 5.32 Å². The Bertz CT molecular complexity index is 755. The number of rotatable bonds is 3. The minimum absolute atomic E-state index is 0.235. The number of aromatic nitrogens is 4. The topological polar surface area (TPSA) is 72.7 Å². The molecule has 0 aliphatic carbocycles. The van der Waals surface area contributed by atoms with Crippen molar-refractivity contribution in [3.63, 3.8) is 0 Å². The molecule has 2 aromatic heterocycles. The minimum Gasteiger partial charge on any atom is -0.305 e. The zero-order chi connectivity index (χ0) is 14.7. The van der Waals surface area contributed by atoms with Crippen LogP contribution < -0.4 is 5.32 Å². The lowest BCUT2D eigenvalue weighted by atomic mass is 10.3. The molecule has 0 radical (unpaired) electrons. The van der Waals surface area contributed by atoms with E-state index in [1.165, 1.54) is 11.0 Å². The molecule has 0 atom stereocenters. The van der Waals surface area contributed by atoms with Gasteiger partial charge in [0.2, 0.25) is 0 Å². The van der Waals surface area contributed by atoms with Crippen LogP contribution in [0.5, 0.6) is 0 Å². The Kier molecular flexibility index (Phi) is 3.91. The number of hydrogen-bond donors (Lipinski definition) is 1. The van der Waals surface area contributed by atoms with Gasteiger partial charge >= 0.3 is 0 Å². The van der Waals surface area contributed by atoms with E-state index in [1.54, 1.807) is 12.3 Å². The number of halogens is 1. The van der Waals surface area contributed by atoms with E-state index in [0.717, 1.165) is 9.26 Å². The molecule has 3 aromatic rings. The highest BCUT2D eigenvalue weighted by Gasteiger charge is 2.12. The van der Waals surface area contributed by atoms with Crippen LogP contribution in [0.4, 0.5) is 5.82 Å². The summed E-state index contributed by atoms with van der Waals surface area (Å²) < 4.78 is 1.00. The van der Waals surface area contributed by atoms with Crippen LogP contribution in [-0.4, -0.2) is 25.9 Å². The predicted octanol–water partition coefficient (Wildman–Crippen LogP) is 2.52. The van der Waals surface area contributed by atoms with Crippen molar-refractivity contribution in [1.29, 1.82) is 0 Å². The molecule has 0 saturated heterocycles. The number of para-hydroxylation sites is 1. The molecule has 0 aliphatic rings. The molecule has 1 N–H and O–H groups in total. The maximum Gasteiger partial charge on any atom is 0.279 e. The molecule has 0 aliphatic heterocycles. The largest absolute Gasteiger partial charge is 0.305 e. The van der Waals surface area contributed by atoms with Gasteiger partial charge in [-0.05, 0) is 46.9 Å². The Hall–Kier alpha value is -2.29. The number of nitrogens with zero attached hydrogens (tertiary/aromatic N) is 4. The first-order valence-corrected chi connectivity index (χ1v) is 7.21. The van der Waals surface area contributed by atoms with E-state index < -0.39 is 0 Å². The van der Waals surface area contributed by atoms with Gasteiger partial charge in [-0.1, -0.05) is 18.2 Å². The molecule has 3 rings (SSSR count). The number of carbonyl (C=O) groups excluding carboxylic acids is 1. The highest BCUT2D eigenvalue weighted by atomic mass is 127. The minimum atomic E-state index is -0.342. The summed E-state index contributed by atoms with van der Waals surface area (Å²) in [5.74, 6) is 0.139. The van der Waals surface area contributed by atoms with Crippen molar-refractivity contribution in [3.8, 4) is 5.69 Å². The summed E-state index contributed by atoms with van der Waals surface area (Å²) in [6.07, 6.45) is 3.10. The van der Waals surface area contributed by atoms with Crippen LogP contribution in [0.3, 0.4) is 0 Å². The van der Waals surface area contributed by atoms with Crippen molar-refractivity contribution < 1.29 is 4.79 Å². The monoisotopic (exact) mass is 391 g/mol. The van der Waals surface area contributed by atoms with Crippen molar-refractivity contribution in [3.05, 3.63) is 64.1 Å². The first-order valence-electron chi connectivity index (χ1n) is 6.13. The standard InChI is InChI=1S/C14H10IN5O/c15-10-6-7-13(16-8-10)18-14(21)12-9-17-20(19-12)11-4-2-1-3-5-11/h1-9H,(H,16,18,21). The molecule has 7 heteroatoms. The molecular weight excluding hydrogens is 381 g/mol. The summed E-state index contributed by atoms with van der Waals surface area (Å²) in [5.41, 5.74) is 1.03. The smallest absolute Gasteiger partial charge is 0.279 e. The van der Waals surface area contributed by atoms with Crippen molar-refractivity contribution in [1.82, 2.24) is 20.0 Å². The summed E-state index contributed by atoms with van der Waals surface area (Å²) in [7, 11) is 0. The van der Waals surface area contributed by atoms with Gasteiger partial charge in [-0.3, -0.25) is 4.79 Å². The number of anilines is 1. The van der Waals surface area contributed by atoms with Gasteiger partial charge in [0.1, 0.15) is 5.82 Å². The number of carbonyl (C=O) groups is 1. The fraction of sp³-hybridized carbons (Fsp3) is 0. The maximum atomic E-state index is 12.1. The van der Waals surface area contributed by atoms with Crippen molar-refractivity contribution in [2.75, 3.05) is 5.32 Å². The van der Waals surface area contributed by atoms with E-state index in [2.05, 4.69) is 43.1 Å². The van der Waals surface area contributed by atoms with Crippen LogP contribution in [0, 0.1) is 3.57 Å². The van der Waals surface area contributed by atoms with Crippen molar-refractivity contribution in [2.24, 2.45) is 0 Å². The van der Waals surface area contributed by atoms with Gasteiger partial charge in [0.15, 0.2) is 5.69 Å². The van der Waals surface area contributed by atoms with Crippen LogP contribution in [0.1, 0.15) is 10.5 Å². The summed E-state index contributed by atoms with van der Waals surface area (Å²) >= 11 is 2.15. The van der Waals surface area contributed by atoms with Crippen molar-refractivity contribution in [2.45, 2.75) is 0 Å². The third kappa shape index (κ3) is 3.24. The van der Waals surface area contributed by atoms with Gasteiger partial charge in [-0.25, -0.2) is 4.98 Å². The zero-order valence-electron chi connectivity index (χ0n) is 10.8. The first kappa shape index (κ1) is 13.7. The van der Waals surface area contributed by atoms with E-state index >= 15 is 0 Å². The van der Waals surface area contributed by atoms with Crippen molar-refractivity contribution >= 4 is 34.3 Å². The van der Waals surface area contributed by atoms with Gasteiger partial charge in [0.25, 0.3) is 5.91 Å². The fourth-order valence-corrected chi connectivity index (χ4v) is 2.00. The molecule has 2 heterocycles. The highest BCUT2D eigenvalue weighted by Crippen LogP contribution is 2.09. The van der Waals surface area contributed by atoms with Gasteiger partial charge in [0, 0.05) is 9.77 Å². The molecule has 0 saturated carbocycles. The summed E-state index contributed by atoms with van der Waals surface area (Å²) in [6, 6.07) is 13.0. The molecule has 0 bridgehead atoms. The maximum absolute atomic E-state index is 12.1. The van der Waals surface area contributed by atoms with E-state index in [4.69, 9.17) is 0 Å². The summed E-state index contributed by atoms with van der Waals surface area (Å²) in [5, 5.41) is 10.9. The SMILES string of the molecule is O=C(Nc1ccc(I)cn1)c1cnn(-c2ccccc2)n1. The second-order valence-electron chi connectivity index (χ2n) is 4.17. The molecule has 0 fully saturated rings. The number of nitrogens with one attached hydrogen (secondary N) is 1. The summed E-state index contributed by atoms with van der Waals surface area (Å²) in [6.45, 7) is 0. The van der Waals surface area contributed by atoms with E-state index in [1.807, 2.05) is 36.4 Å². The van der Waals surface area contributed by atoms with Crippen LogP contribution in [0.25, 0.3) is 5.69 Å². The molecule has 104 valence electrons. The number of pyridine rings is 1. The average molecular weight is 391 g/mol. The summed E-state index contributed by atoms with van der Waals surface area (Å²) in [4.78, 5) is 17.6. The van der Waals surface area contributed by atoms with Gasteiger partial charge in [0.05, 0.1) is 11.9 Å². The average Bonchev–Trinajstić information content (AvgIpc) is 3.00. The Morgan fingerprint density at radius 1 is 1.10 bits per heavy atom. The quantitative estimate of drug-likeness (QED) is 0.697. The van der Waals surface area contributed by atoms with Crippen LogP contribution in [-0.2, 0) is 0 Å². The van der Waals surface area contributed by atoms with E-state index in [-0.39, 0.29) is 11.6 Å². The third-order valence-electron chi connectivity index (χ3n) is 2.68. The molecule has 1 aromatic carbocycles. The Morgan fingerprint density at radius 3 is 2.62 bits per heavy atom. The van der Waals surface area contributed by atoms with Crippen LogP contribution >= 0.6 is 22.6 Å². The first-order chi connectivity index (χ1) is 10.2. The van der Waals surface area contributed by atoms with Crippen LogP contribution in [0.15, 0.2) is 54.9 Å². The Labute approximate surface area is 134 Å². The zero-order valence-corrected chi connectivity index (χ0v) is 12.9. The van der Waals surface area contributed by atoms with E-state index in [9.17, 15) is 4.79 Å². The van der Waals surface area contributed by atoms with Gasteiger partial charge in [-0.2, -0.15) is 9.90 Å². The second kappa shape index (κ2) is 6.00. The third-order valence-corrected chi connectivity index (χ3v) is 3.32. The molecule has 0 spiro atoms. The lowest BCUT2D eigenvalue weighted by Gasteiger charge is -2.01. The lowest BCUT2D eigenvalue weighted by Crippen LogP contribution is -2.14. The van der Waals surface area contributed by atoms with E-state index in [0.29, 0.717) is 5.82 Å². The number of amides is 1. The number of hydrogen-bond acceptors (Lipinski definition) is 4. The second-order valence-corrected chi connectivity index (χ2v) is 5.42. The normalized spacial score (nSPS) is 10.3. The fourth-order valence-electron chi connectivity index (χ4n) is 1.68. The van der Waals surface area contributed by atoms with Gasteiger partial charge in [-0.15, -0.1) is 5.10 Å². The van der Waals surface area contributed by atoms with Crippen LogP contribution in [0.2, 0.25) is 0 Å².